The van der Waals surface area contributed by atoms with E-state index in [0.717, 1.165) is 22.7 Å². The van der Waals surface area contributed by atoms with Crippen LogP contribution in [-0.4, -0.2) is 17.7 Å². The maximum absolute atomic E-state index is 11.3. The number of esters is 1. The smallest absolute Gasteiger partial charge is 0.330 e. The average Bonchev–Trinajstić information content (AvgIpc) is 2.55. The normalized spacial score (nSPS) is 18.2. The Kier molecular flexibility index (Phi) is 4.16. The molecule has 0 unspecified atom stereocenters. The van der Waals surface area contributed by atoms with Crippen molar-refractivity contribution >= 4 is 38.8 Å². The van der Waals surface area contributed by atoms with Crippen molar-refractivity contribution in [1.29, 1.82) is 0 Å². The largest absolute Gasteiger partial charge is 0.457 e. The van der Waals surface area contributed by atoms with Gasteiger partial charge in [-0.05, 0) is 22.8 Å². The monoisotopic (exact) mass is 274 g/mol. The van der Waals surface area contributed by atoms with E-state index in [1.54, 1.807) is 11.1 Å². The van der Waals surface area contributed by atoms with E-state index < -0.39 is 5.97 Å². The Morgan fingerprint density at radius 3 is 2.93 bits per heavy atom. The third-order valence-electron chi connectivity index (χ3n) is 1.43. The zero-order valence-corrected chi connectivity index (χ0v) is 9.56. The molecule has 0 saturated carbocycles. The fourth-order valence-corrected chi connectivity index (χ4v) is 1.92. The van der Waals surface area contributed by atoms with E-state index in [1.807, 2.05) is 0 Å². The van der Waals surface area contributed by atoms with Gasteiger partial charge < -0.3 is 4.74 Å². The summed E-state index contributed by atoms with van der Waals surface area (Å²) in [7, 11) is 0. The van der Waals surface area contributed by atoms with Crippen molar-refractivity contribution in [1.82, 2.24) is 0 Å². The van der Waals surface area contributed by atoms with Gasteiger partial charge in [-0.1, -0.05) is 22.5 Å². The molecule has 3 nitrogen and oxygen atoms in total. The van der Waals surface area contributed by atoms with Crippen molar-refractivity contribution in [2.45, 2.75) is 0 Å². The SMILES string of the molecule is C=CC(=O)OCC1=CC(=CBr)SC1=O. The molecule has 5 heteroatoms. The molecule has 0 aromatic rings. The number of hydrogen-bond donors (Lipinski definition) is 0. The van der Waals surface area contributed by atoms with Crippen LogP contribution >= 0.6 is 27.7 Å². The lowest BCUT2D eigenvalue weighted by Crippen LogP contribution is -2.06. The van der Waals surface area contributed by atoms with Crippen LogP contribution in [0.4, 0.5) is 0 Å². The molecular weight excluding hydrogens is 268 g/mol. The second-order valence-corrected chi connectivity index (χ2v) is 3.89. The van der Waals surface area contributed by atoms with Gasteiger partial charge in [-0.3, -0.25) is 4.79 Å². The van der Waals surface area contributed by atoms with Crippen LogP contribution in [0.5, 0.6) is 0 Å². The first-order valence-corrected chi connectivity index (χ1v) is 5.43. The van der Waals surface area contributed by atoms with Gasteiger partial charge in [-0.2, -0.15) is 0 Å². The second kappa shape index (κ2) is 5.17. The number of halogens is 1. The lowest BCUT2D eigenvalue weighted by atomic mass is 10.3. The predicted molar refractivity (Wildman–Crippen MR) is 58.8 cm³/mol. The Labute approximate surface area is 94.0 Å². The number of allylic oxidation sites excluding steroid dienone is 1. The molecule has 1 aliphatic rings. The molecule has 0 aromatic heterocycles. The van der Waals surface area contributed by atoms with Crippen LogP contribution in [0.1, 0.15) is 0 Å². The van der Waals surface area contributed by atoms with E-state index in [0.29, 0.717) is 5.57 Å². The van der Waals surface area contributed by atoms with Crippen molar-refractivity contribution in [3.8, 4) is 0 Å². The van der Waals surface area contributed by atoms with Gasteiger partial charge in [-0.25, -0.2) is 4.79 Å². The number of hydrogen-bond acceptors (Lipinski definition) is 4. The van der Waals surface area contributed by atoms with Gasteiger partial charge in [0.25, 0.3) is 0 Å². The summed E-state index contributed by atoms with van der Waals surface area (Å²) in [4.78, 5) is 24.4. The molecule has 0 fully saturated rings. The van der Waals surface area contributed by atoms with E-state index in [-0.39, 0.29) is 11.7 Å². The maximum Gasteiger partial charge on any atom is 0.330 e. The molecule has 0 aromatic carbocycles. The lowest BCUT2D eigenvalue weighted by Gasteiger charge is -1.99. The van der Waals surface area contributed by atoms with Crippen molar-refractivity contribution in [3.63, 3.8) is 0 Å². The maximum atomic E-state index is 11.3. The molecule has 0 atom stereocenters. The first-order valence-electron chi connectivity index (χ1n) is 3.69. The van der Waals surface area contributed by atoms with E-state index in [2.05, 4.69) is 22.5 Å². The molecular formula is C9H7BrO3S. The van der Waals surface area contributed by atoms with Crippen LogP contribution in [0.25, 0.3) is 0 Å². The molecule has 0 N–H and O–H groups in total. The molecule has 14 heavy (non-hydrogen) atoms. The number of rotatable bonds is 3. The van der Waals surface area contributed by atoms with Gasteiger partial charge in [0.2, 0.25) is 5.12 Å². The molecule has 0 aliphatic carbocycles. The van der Waals surface area contributed by atoms with Crippen LogP contribution in [0.3, 0.4) is 0 Å². The summed E-state index contributed by atoms with van der Waals surface area (Å²) in [5.41, 5.74) is 0.482. The standard InChI is InChI=1S/C9H7BrO3S/c1-2-8(11)13-5-6-3-7(4-10)14-9(6)12/h2-4H,1,5H2. The Balaban J connectivity index is 2.57. The highest BCUT2D eigenvalue weighted by Gasteiger charge is 2.20. The van der Waals surface area contributed by atoms with E-state index >= 15 is 0 Å². The third-order valence-corrected chi connectivity index (χ3v) is 3.15. The average molecular weight is 275 g/mol. The summed E-state index contributed by atoms with van der Waals surface area (Å²) >= 11 is 4.22. The van der Waals surface area contributed by atoms with Crippen molar-refractivity contribution in [2.75, 3.05) is 6.61 Å². The minimum absolute atomic E-state index is 0.00102. The molecule has 0 bridgehead atoms. The zero-order chi connectivity index (χ0) is 10.6. The number of carbonyl (C=O) groups is 2. The topological polar surface area (TPSA) is 43.4 Å². The molecule has 1 aliphatic heterocycles. The summed E-state index contributed by atoms with van der Waals surface area (Å²) < 4.78 is 4.74. The summed E-state index contributed by atoms with van der Waals surface area (Å²) in [5.74, 6) is -0.528. The van der Waals surface area contributed by atoms with Gasteiger partial charge in [0.15, 0.2) is 0 Å². The minimum Gasteiger partial charge on any atom is -0.457 e. The third kappa shape index (κ3) is 2.85. The van der Waals surface area contributed by atoms with E-state index in [9.17, 15) is 9.59 Å². The van der Waals surface area contributed by atoms with Crippen LogP contribution < -0.4 is 0 Å². The van der Waals surface area contributed by atoms with Gasteiger partial charge >= 0.3 is 5.97 Å². The van der Waals surface area contributed by atoms with Crippen molar-refractivity contribution in [3.05, 3.63) is 34.2 Å². The lowest BCUT2D eigenvalue weighted by molar-refractivity contribution is -0.136. The fourth-order valence-electron chi connectivity index (χ4n) is 0.795. The number of carbonyl (C=O) groups excluding carboxylic acids is 2. The van der Waals surface area contributed by atoms with Gasteiger partial charge in [0.1, 0.15) is 6.61 Å². The summed E-state index contributed by atoms with van der Waals surface area (Å²) in [6.45, 7) is 3.25. The number of ether oxygens (including phenoxy) is 1. The van der Waals surface area contributed by atoms with Gasteiger partial charge in [0, 0.05) is 16.6 Å². The molecule has 1 heterocycles. The number of thioether (sulfide) groups is 1. The minimum atomic E-state index is -0.528. The Morgan fingerprint density at radius 2 is 2.43 bits per heavy atom. The quantitative estimate of drug-likeness (QED) is 0.584. The van der Waals surface area contributed by atoms with Crippen molar-refractivity contribution in [2.24, 2.45) is 0 Å². The Morgan fingerprint density at radius 1 is 1.71 bits per heavy atom. The first kappa shape index (κ1) is 11.3. The van der Waals surface area contributed by atoms with Crippen LogP contribution in [-0.2, 0) is 14.3 Å². The van der Waals surface area contributed by atoms with E-state index in [4.69, 9.17) is 4.74 Å². The highest BCUT2D eigenvalue weighted by Crippen LogP contribution is 2.31. The molecule has 0 radical (unpaired) electrons. The van der Waals surface area contributed by atoms with Gasteiger partial charge in [-0.15, -0.1) is 0 Å². The van der Waals surface area contributed by atoms with E-state index in [1.165, 1.54) is 0 Å². The van der Waals surface area contributed by atoms with Crippen LogP contribution in [0.15, 0.2) is 34.2 Å². The molecule has 74 valence electrons. The van der Waals surface area contributed by atoms with Crippen LogP contribution in [0.2, 0.25) is 0 Å². The second-order valence-electron chi connectivity index (χ2n) is 2.38. The van der Waals surface area contributed by atoms with Crippen LogP contribution in [0, 0.1) is 0 Å². The van der Waals surface area contributed by atoms with Crippen molar-refractivity contribution < 1.29 is 14.3 Å². The molecule has 0 saturated heterocycles. The molecule has 1 rings (SSSR count). The fraction of sp³-hybridized carbons (Fsp3) is 0.111. The first-order chi connectivity index (χ1) is 6.67. The highest BCUT2D eigenvalue weighted by atomic mass is 79.9. The van der Waals surface area contributed by atoms with Gasteiger partial charge in [0.05, 0.1) is 0 Å². The summed E-state index contributed by atoms with van der Waals surface area (Å²) in [5, 5.41) is -0.0902. The Bertz CT molecular complexity index is 344. The zero-order valence-electron chi connectivity index (χ0n) is 7.16. The highest BCUT2D eigenvalue weighted by molar-refractivity contribution is 9.11. The summed E-state index contributed by atoms with van der Waals surface area (Å²) in [6, 6.07) is 0. The molecule has 0 amide bonds. The molecule has 0 spiro atoms. The Hall–Kier alpha value is -0.810. The predicted octanol–water partition coefficient (Wildman–Crippen LogP) is 2.15. The summed E-state index contributed by atoms with van der Waals surface area (Å²) in [6.07, 6.45) is 2.74.